The maximum Gasteiger partial charge on any atom is 0.132 e. The number of hydrogen-bond acceptors (Lipinski definition) is 0. The van der Waals surface area contributed by atoms with Gasteiger partial charge in [0.2, 0.25) is 0 Å². The number of allylic oxidation sites excluding steroid dienone is 2. The average Bonchev–Trinajstić information content (AvgIpc) is 2.65. The number of hydrogen-bond donors (Lipinski definition) is 0. The maximum absolute atomic E-state index is 13.7. The fourth-order valence-electron chi connectivity index (χ4n) is 5.72. The molecule has 0 N–H and O–H groups in total. The van der Waals surface area contributed by atoms with Crippen molar-refractivity contribution in [3.8, 4) is 0 Å². The molecule has 0 aromatic carbocycles. The van der Waals surface area contributed by atoms with Crippen LogP contribution in [0, 0.1) is 23.7 Å². The van der Waals surface area contributed by atoms with Gasteiger partial charge in [-0.25, -0.2) is 8.78 Å². The molecule has 4 atom stereocenters. The molecule has 0 heterocycles. The summed E-state index contributed by atoms with van der Waals surface area (Å²) in [7, 11) is 0. The molecule has 3 aliphatic carbocycles. The van der Waals surface area contributed by atoms with E-state index in [9.17, 15) is 8.78 Å². The Hall–Kier alpha value is -0.400. The molecule has 0 amide bonds. The van der Waals surface area contributed by atoms with E-state index >= 15 is 0 Å². The second kappa shape index (κ2) is 9.51. The lowest BCUT2D eigenvalue weighted by atomic mass is 9.69. The number of unbranched alkanes of at least 4 members (excludes halogenated alkanes) is 2. The van der Waals surface area contributed by atoms with Crippen LogP contribution >= 0.6 is 0 Å². The lowest BCUT2D eigenvalue weighted by Crippen LogP contribution is -2.29. The number of halogens is 2. The highest BCUT2D eigenvalue weighted by atomic mass is 19.2. The molecule has 0 bridgehead atoms. The van der Waals surface area contributed by atoms with Crippen LogP contribution in [0.2, 0.25) is 0 Å². The van der Waals surface area contributed by atoms with Crippen molar-refractivity contribution in [3.63, 3.8) is 0 Å². The molecular weight excluding hydrogens is 314 g/mol. The Labute approximate surface area is 153 Å². The van der Waals surface area contributed by atoms with E-state index in [1.807, 2.05) is 0 Å². The predicted molar refractivity (Wildman–Crippen MR) is 102 cm³/mol. The quantitative estimate of drug-likeness (QED) is 0.341. The number of rotatable bonds is 6. The van der Waals surface area contributed by atoms with Gasteiger partial charge in [0.15, 0.2) is 0 Å². The molecule has 2 heteroatoms. The minimum atomic E-state index is -1.22. The van der Waals surface area contributed by atoms with Gasteiger partial charge >= 0.3 is 0 Å². The highest BCUT2D eigenvalue weighted by Gasteiger charge is 2.34. The fourth-order valence-corrected chi connectivity index (χ4v) is 5.72. The van der Waals surface area contributed by atoms with E-state index in [2.05, 4.69) is 13.0 Å². The third kappa shape index (κ3) is 5.30. The second-order valence-corrected chi connectivity index (χ2v) is 9.13. The van der Waals surface area contributed by atoms with Gasteiger partial charge in [0.25, 0.3) is 0 Å². The van der Waals surface area contributed by atoms with E-state index in [1.54, 1.807) is 0 Å². The van der Waals surface area contributed by atoms with Crippen LogP contribution < -0.4 is 0 Å². The van der Waals surface area contributed by atoms with Crippen molar-refractivity contribution in [2.24, 2.45) is 23.7 Å². The first kappa shape index (κ1) is 19.4. The van der Waals surface area contributed by atoms with E-state index < -0.39 is 12.3 Å². The normalized spacial score (nSPS) is 39.9. The second-order valence-electron chi connectivity index (χ2n) is 9.13. The van der Waals surface area contributed by atoms with Crippen LogP contribution in [0.1, 0.15) is 96.8 Å². The van der Waals surface area contributed by atoms with Crippen molar-refractivity contribution in [3.05, 3.63) is 11.6 Å². The SMILES string of the molecule is CCCCCC1CCC(C2CC=C(C3CCC(F)C(F)C3)CC2)CC1. The van der Waals surface area contributed by atoms with Crippen molar-refractivity contribution < 1.29 is 8.78 Å². The van der Waals surface area contributed by atoms with Crippen LogP contribution in [0.25, 0.3) is 0 Å². The van der Waals surface area contributed by atoms with E-state index in [1.165, 1.54) is 69.8 Å². The van der Waals surface area contributed by atoms with Gasteiger partial charge in [-0.1, -0.05) is 57.1 Å². The molecular formula is C23H38F2. The maximum atomic E-state index is 13.7. The van der Waals surface area contributed by atoms with Crippen LogP contribution in [0.4, 0.5) is 8.78 Å². The van der Waals surface area contributed by atoms with Gasteiger partial charge in [-0.05, 0) is 75.0 Å². The molecule has 4 unspecified atom stereocenters. The molecule has 3 aliphatic rings. The summed E-state index contributed by atoms with van der Waals surface area (Å²) in [5.74, 6) is 3.11. The first-order valence-electron chi connectivity index (χ1n) is 11.1. The van der Waals surface area contributed by atoms with Crippen molar-refractivity contribution in [1.29, 1.82) is 0 Å². The molecule has 0 spiro atoms. The van der Waals surface area contributed by atoms with Gasteiger partial charge in [0, 0.05) is 0 Å². The van der Waals surface area contributed by atoms with Crippen molar-refractivity contribution >= 4 is 0 Å². The standard InChI is InChI=1S/C23H38F2/c1-2-3-4-5-17-6-8-18(9-7-17)19-10-12-20(13-11-19)21-14-15-22(24)23(25)16-21/h12,17-19,21-23H,2-11,13-16H2,1H3. The van der Waals surface area contributed by atoms with Crippen LogP contribution in [-0.2, 0) is 0 Å². The highest BCUT2D eigenvalue weighted by molar-refractivity contribution is 5.13. The van der Waals surface area contributed by atoms with E-state index in [0.29, 0.717) is 18.8 Å². The molecule has 2 saturated carbocycles. The molecule has 2 fully saturated rings. The molecule has 0 aromatic rings. The molecule has 0 aromatic heterocycles. The zero-order valence-electron chi connectivity index (χ0n) is 16.2. The van der Waals surface area contributed by atoms with Crippen molar-refractivity contribution in [1.82, 2.24) is 0 Å². The highest BCUT2D eigenvalue weighted by Crippen LogP contribution is 2.43. The zero-order valence-corrected chi connectivity index (χ0v) is 16.2. The first-order valence-corrected chi connectivity index (χ1v) is 11.1. The van der Waals surface area contributed by atoms with Gasteiger partial charge in [-0.3, -0.25) is 0 Å². The first-order chi connectivity index (χ1) is 12.2. The fraction of sp³-hybridized carbons (Fsp3) is 0.913. The van der Waals surface area contributed by atoms with Crippen LogP contribution in [0.15, 0.2) is 11.6 Å². The molecule has 0 radical (unpaired) electrons. The minimum Gasteiger partial charge on any atom is -0.244 e. The van der Waals surface area contributed by atoms with E-state index in [4.69, 9.17) is 0 Å². The third-order valence-electron chi connectivity index (χ3n) is 7.48. The van der Waals surface area contributed by atoms with Crippen LogP contribution in [-0.4, -0.2) is 12.3 Å². The zero-order chi connectivity index (χ0) is 17.6. The summed E-state index contributed by atoms with van der Waals surface area (Å²) in [5.41, 5.74) is 1.46. The van der Waals surface area contributed by atoms with Gasteiger partial charge in [0.05, 0.1) is 0 Å². The van der Waals surface area contributed by atoms with Gasteiger partial charge < -0.3 is 0 Å². The molecule has 144 valence electrons. The van der Waals surface area contributed by atoms with E-state index in [-0.39, 0.29) is 0 Å². The largest absolute Gasteiger partial charge is 0.244 e. The smallest absolute Gasteiger partial charge is 0.132 e. The summed E-state index contributed by atoms with van der Waals surface area (Å²) in [5, 5.41) is 0. The summed E-state index contributed by atoms with van der Waals surface area (Å²) in [6.07, 6.45) is 16.8. The lowest BCUT2D eigenvalue weighted by Gasteiger charge is -2.37. The van der Waals surface area contributed by atoms with Crippen LogP contribution in [0.3, 0.4) is 0 Å². The lowest BCUT2D eigenvalue weighted by molar-refractivity contribution is 0.0964. The monoisotopic (exact) mass is 352 g/mol. The summed E-state index contributed by atoms with van der Waals surface area (Å²) in [6, 6.07) is 0. The number of alkyl halides is 2. The molecule has 3 rings (SSSR count). The summed E-state index contributed by atoms with van der Waals surface area (Å²) in [4.78, 5) is 0. The molecule has 25 heavy (non-hydrogen) atoms. The Morgan fingerprint density at radius 1 is 0.880 bits per heavy atom. The van der Waals surface area contributed by atoms with Crippen molar-refractivity contribution in [2.75, 3.05) is 0 Å². The van der Waals surface area contributed by atoms with Crippen LogP contribution in [0.5, 0.6) is 0 Å². The summed E-state index contributed by atoms with van der Waals surface area (Å²) >= 11 is 0. The Morgan fingerprint density at radius 2 is 1.68 bits per heavy atom. The Balaban J connectivity index is 1.41. The van der Waals surface area contributed by atoms with Gasteiger partial charge in [-0.15, -0.1) is 0 Å². The average molecular weight is 353 g/mol. The van der Waals surface area contributed by atoms with E-state index in [0.717, 1.165) is 30.6 Å². The summed E-state index contributed by atoms with van der Waals surface area (Å²) < 4.78 is 27.1. The predicted octanol–water partition coefficient (Wildman–Crippen LogP) is 7.58. The van der Waals surface area contributed by atoms with Gasteiger partial charge in [0.1, 0.15) is 12.3 Å². The minimum absolute atomic E-state index is 0.331. The Morgan fingerprint density at radius 3 is 2.32 bits per heavy atom. The van der Waals surface area contributed by atoms with Crippen molar-refractivity contribution in [2.45, 2.75) is 109 Å². The Kier molecular flexibility index (Phi) is 7.37. The Bertz CT molecular complexity index is 422. The topological polar surface area (TPSA) is 0 Å². The summed E-state index contributed by atoms with van der Waals surface area (Å²) in [6.45, 7) is 2.29. The third-order valence-corrected chi connectivity index (χ3v) is 7.48. The van der Waals surface area contributed by atoms with Gasteiger partial charge in [-0.2, -0.15) is 0 Å². The molecule has 0 aliphatic heterocycles. The molecule has 0 saturated heterocycles. The molecule has 0 nitrogen and oxygen atoms in total.